The van der Waals surface area contributed by atoms with Gasteiger partial charge in [-0.3, -0.25) is 9.72 Å². The Morgan fingerprint density at radius 1 is 1.38 bits per heavy atom. The third-order valence-corrected chi connectivity index (χ3v) is 4.18. The van der Waals surface area contributed by atoms with E-state index in [1.807, 2.05) is 33.7 Å². The maximum absolute atomic E-state index is 12.4. The minimum Gasteiger partial charge on any atom is -0.374 e. The summed E-state index contributed by atoms with van der Waals surface area (Å²) in [6.07, 6.45) is 6.25. The largest absolute Gasteiger partial charge is 0.374 e. The van der Waals surface area contributed by atoms with Crippen molar-refractivity contribution in [3.63, 3.8) is 0 Å². The zero-order valence-electron chi connectivity index (χ0n) is 11.7. The summed E-state index contributed by atoms with van der Waals surface area (Å²) in [4.78, 5) is 18.5. The van der Waals surface area contributed by atoms with Crippen LogP contribution >= 0.6 is 0 Å². The van der Waals surface area contributed by atoms with E-state index in [-0.39, 0.29) is 12.1 Å². The number of nitrogens with one attached hydrogen (secondary N) is 1. The van der Waals surface area contributed by atoms with Gasteiger partial charge in [-0.1, -0.05) is 6.07 Å². The van der Waals surface area contributed by atoms with Gasteiger partial charge in [0.15, 0.2) is 0 Å². The van der Waals surface area contributed by atoms with Crippen molar-refractivity contribution in [3.8, 4) is 0 Å². The quantitative estimate of drug-likeness (QED) is 0.918. The summed E-state index contributed by atoms with van der Waals surface area (Å²) >= 11 is 0. The molecule has 0 radical (unpaired) electrons. The summed E-state index contributed by atoms with van der Waals surface area (Å²) in [6.45, 7) is 1.96. The van der Waals surface area contributed by atoms with Gasteiger partial charge in [-0.15, -0.1) is 0 Å². The molecule has 1 aliphatic heterocycles. The van der Waals surface area contributed by atoms with Crippen molar-refractivity contribution in [2.24, 2.45) is 5.92 Å². The molecule has 1 aliphatic carbocycles. The van der Waals surface area contributed by atoms with Gasteiger partial charge in [0.2, 0.25) is 0 Å². The maximum atomic E-state index is 12.4. The molecule has 110 valence electrons. The lowest BCUT2D eigenvalue weighted by atomic mass is 10.2. The molecule has 3 heterocycles. The van der Waals surface area contributed by atoms with Crippen molar-refractivity contribution in [3.05, 3.63) is 30.6 Å². The summed E-state index contributed by atoms with van der Waals surface area (Å²) in [5, 5.41) is 2.95. The number of carbonyl (C=O) groups is 1. The van der Waals surface area contributed by atoms with Crippen LogP contribution in [0.1, 0.15) is 12.8 Å². The average molecular weight is 286 g/mol. The van der Waals surface area contributed by atoms with E-state index >= 15 is 0 Å². The minimum absolute atomic E-state index is 0.0744. The molecule has 0 aromatic carbocycles. The molecule has 4 rings (SSSR count). The smallest absolute Gasteiger partial charge is 0.323 e. The van der Waals surface area contributed by atoms with E-state index in [1.54, 1.807) is 6.20 Å². The molecule has 1 unspecified atom stereocenters. The molecule has 1 N–H and O–H groups in total. The van der Waals surface area contributed by atoms with E-state index in [1.165, 1.54) is 12.8 Å². The fourth-order valence-corrected chi connectivity index (χ4v) is 2.83. The minimum atomic E-state index is -0.0744. The number of pyridine rings is 1. The molecule has 6 nitrogen and oxygen atoms in total. The highest BCUT2D eigenvalue weighted by Gasteiger charge is 2.36. The molecule has 2 aromatic rings. The van der Waals surface area contributed by atoms with Gasteiger partial charge in [0.05, 0.1) is 18.9 Å². The van der Waals surface area contributed by atoms with E-state index in [4.69, 9.17) is 4.74 Å². The monoisotopic (exact) mass is 286 g/mol. The molecule has 2 aliphatic rings. The number of ether oxygens (including phenoxy) is 1. The van der Waals surface area contributed by atoms with E-state index in [2.05, 4.69) is 10.3 Å². The van der Waals surface area contributed by atoms with Crippen LogP contribution in [0, 0.1) is 5.92 Å². The first kappa shape index (κ1) is 12.6. The molecule has 0 spiro atoms. The Balaban J connectivity index is 1.47. The zero-order chi connectivity index (χ0) is 14.2. The Labute approximate surface area is 122 Å². The number of hydrogen-bond donors (Lipinski definition) is 1. The topological polar surface area (TPSA) is 58.9 Å². The Kier molecular flexibility index (Phi) is 3.03. The van der Waals surface area contributed by atoms with E-state index in [0.717, 1.165) is 5.65 Å². The van der Waals surface area contributed by atoms with Crippen LogP contribution in [0.15, 0.2) is 30.6 Å². The first-order valence-corrected chi connectivity index (χ1v) is 7.41. The second-order valence-corrected chi connectivity index (χ2v) is 5.70. The number of nitrogens with zero attached hydrogens (tertiary/aromatic N) is 3. The van der Waals surface area contributed by atoms with E-state index in [9.17, 15) is 4.79 Å². The summed E-state index contributed by atoms with van der Waals surface area (Å²) in [5.74, 6) is 1.35. The lowest BCUT2D eigenvalue weighted by molar-refractivity contribution is -0.0234. The highest BCUT2D eigenvalue weighted by atomic mass is 16.5. The average Bonchev–Trinajstić information content (AvgIpc) is 3.30. The standard InChI is InChI=1S/C15H18N4O2/c20-15(18-7-8-21-12(10-18)11-4-5-11)17-14-9-16-13-3-1-2-6-19(13)14/h1-3,6,9,11-12H,4-5,7-8,10H2,(H,17,20). The molecule has 2 aromatic heterocycles. The molecule has 2 fully saturated rings. The van der Waals surface area contributed by atoms with Crippen LogP contribution in [0.25, 0.3) is 5.65 Å². The number of hydrogen-bond acceptors (Lipinski definition) is 3. The van der Waals surface area contributed by atoms with Gasteiger partial charge in [0.1, 0.15) is 11.5 Å². The second-order valence-electron chi connectivity index (χ2n) is 5.70. The molecular weight excluding hydrogens is 268 g/mol. The Bertz CT molecular complexity index is 664. The van der Waals surface area contributed by atoms with Crippen LogP contribution < -0.4 is 5.32 Å². The van der Waals surface area contributed by atoms with Gasteiger partial charge < -0.3 is 9.64 Å². The molecule has 1 saturated heterocycles. The van der Waals surface area contributed by atoms with E-state index in [0.29, 0.717) is 31.4 Å². The molecular formula is C15H18N4O2. The van der Waals surface area contributed by atoms with Crippen molar-refractivity contribution in [2.45, 2.75) is 18.9 Å². The number of fused-ring (bicyclic) bond motifs is 1. The fraction of sp³-hybridized carbons (Fsp3) is 0.467. The number of amides is 2. The lowest BCUT2D eigenvalue weighted by Gasteiger charge is -2.33. The number of rotatable bonds is 2. The lowest BCUT2D eigenvalue weighted by Crippen LogP contribution is -2.48. The number of anilines is 1. The molecule has 21 heavy (non-hydrogen) atoms. The van der Waals surface area contributed by atoms with E-state index < -0.39 is 0 Å². The van der Waals surface area contributed by atoms with Crippen molar-refractivity contribution in [2.75, 3.05) is 25.0 Å². The first-order chi connectivity index (χ1) is 10.3. The predicted octanol–water partition coefficient (Wildman–Crippen LogP) is 1.98. The Morgan fingerprint density at radius 3 is 3.14 bits per heavy atom. The van der Waals surface area contributed by atoms with Gasteiger partial charge in [0.25, 0.3) is 0 Å². The van der Waals surface area contributed by atoms with Crippen molar-refractivity contribution < 1.29 is 9.53 Å². The predicted molar refractivity (Wildman–Crippen MR) is 78.2 cm³/mol. The number of carbonyl (C=O) groups excluding carboxylic acids is 1. The van der Waals surface area contributed by atoms with Gasteiger partial charge in [0, 0.05) is 19.3 Å². The summed E-state index contributed by atoms with van der Waals surface area (Å²) in [5.41, 5.74) is 0.825. The maximum Gasteiger partial charge on any atom is 0.323 e. The normalized spacial score (nSPS) is 22.5. The van der Waals surface area contributed by atoms with Crippen molar-refractivity contribution >= 4 is 17.5 Å². The summed E-state index contributed by atoms with van der Waals surface area (Å²) in [6, 6.07) is 5.68. The third kappa shape index (κ3) is 2.47. The van der Waals surface area contributed by atoms with Crippen LogP contribution in [-0.4, -0.2) is 46.1 Å². The number of urea groups is 1. The van der Waals surface area contributed by atoms with Crippen molar-refractivity contribution in [1.29, 1.82) is 0 Å². The molecule has 2 amide bonds. The highest BCUT2D eigenvalue weighted by molar-refractivity contribution is 5.88. The second kappa shape index (κ2) is 5.04. The first-order valence-electron chi connectivity index (χ1n) is 7.41. The van der Waals surface area contributed by atoms with Crippen LogP contribution in [0.3, 0.4) is 0 Å². The molecule has 0 bridgehead atoms. The molecule has 6 heteroatoms. The zero-order valence-corrected chi connectivity index (χ0v) is 11.7. The Morgan fingerprint density at radius 2 is 2.29 bits per heavy atom. The van der Waals surface area contributed by atoms with Crippen LogP contribution in [0.2, 0.25) is 0 Å². The van der Waals surface area contributed by atoms with Gasteiger partial charge in [-0.25, -0.2) is 9.78 Å². The van der Waals surface area contributed by atoms with Crippen LogP contribution in [0.5, 0.6) is 0 Å². The number of morpholine rings is 1. The Hall–Kier alpha value is -2.08. The molecule has 1 atom stereocenters. The third-order valence-electron chi connectivity index (χ3n) is 4.18. The van der Waals surface area contributed by atoms with Gasteiger partial charge >= 0.3 is 6.03 Å². The number of aromatic nitrogens is 2. The summed E-state index contributed by atoms with van der Waals surface area (Å²) in [7, 11) is 0. The van der Waals surface area contributed by atoms with Gasteiger partial charge in [-0.2, -0.15) is 0 Å². The fourth-order valence-electron chi connectivity index (χ4n) is 2.83. The molecule has 1 saturated carbocycles. The van der Waals surface area contributed by atoms with Crippen molar-refractivity contribution in [1.82, 2.24) is 14.3 Å². The summed E-state index contributed by atoms with van der Waals surface area (Å²) < 4.78 is 7.62. The van der Waals surface area contributed by atoms with Gasteiger partial charge in [-0.05, 0) is 30.9 Å². The SMILES string of the molecule is O=C(Nc1cnc2ccccn12)N1CCOC(C2CC2)C1. The number of imidazole rings is 1. The highest BCUT2D eigenvalue weighted by Crippen LogP contribution is 2.35. The van der Waals surface area contributed by atoms with Crippen LogP contribution in [0.4, 0.5) is 10.6 Å². The van der Waals surface area contributed by atoms with Crippen LogP contribution in [-0.2, 0) is 4.74 Å².